The van der Waals surface area contributed by atoms with Crippen molar-refractivity contribution in [2.24, 2.45) is 5.73 Å². The van der Waals surface area contributed by atoms with Crippen molar-refractivity contribution in [2.45, 2.75) is 0 Å². The molecule has 2 aromatic carbocycles. The van der Waals surface area contributed by atoms with E-state index in [1.54, 1.807) is 0 Å². The lowest BCUT2D eigenvalue weighted by Crippen LogP contribution is -2.16. The van der Waals surface area contributed by atoms with Crippen LogP contribution in [-0.2, 0) is 0 Å². The van der Waals surface area contributed by atoms with E-state index in [-0.39, 0.29) is 22.3 Å². The normalized spacial score (nSPS) is 10.2. The standard InChI is InChI=1S/C13H8ClF2NO3/c14-8-2-1-3-9(16)12(8)19-11-6-7(15)4-5-10(11)20-13(17)18/h1-6H,(H2,17,18). The van der Waals surface area contributed by atoms with Crippen molar-refractivity contribution in [1.29, 1.82) is 0 Å². The van der Waals surface area contributed by atoms with Gasteiger partial charge in [0.1, 0.15) is 5.82 Å². The molecule has 0 saturated carbocycles. The summed E-state index contributed by atoms with van der Waals surface area (Å²) in [7, 11) is 0. The SMILES string of the molecule is NC(=O)Oc1ccc(F)cc1Oc1c(F)cccc1Cl. The Hall–Kier alpha value is -2.34. The van der Waals surface area contributed by atoms with Gasteiger partial charge >= 0.3 is 6.09 Å². The average molecular weight is 300 g/mol. The minimum atomic E-state index is -1.11. The zero-order chi connectivity index (χ0) is 14.7. The number of benzene rings is 2. The van der Waals surface area contributed by atoms with Crippen molar-refractivity contribution < 1.29 is 23.0 Å². The number of carbonyl (C=O) groups excluding carboxylic acids is 1. The van der Waals surface area contributed by atoms with Gasteiger partial charge in [-0.2, -0.15) is 0 Å². The van der Waals surface area contributed by atoms with Gasteiger partial charge in [0.25, 0.3) is 0 Å². The second-order valence-corrected chi connectivity index (χ2v) is 4.07. The molecular weight excluding hydrogens is 292 g/mol. The summed E-state index contributed by atoms with van der Waals surface area (Å²) >= 11 is 5.79. The van der Waals surface area contributed by atoms with Crippen LogP contribution in [0.4, 0.5) is 13.6 Å². The van der Waals surface area contributed by atoms with E-state index in [9.17, 15) is 13.6 Å². The molecule has 1 amide bonds. The highest BCUT2D eigenvalue weighted by Gasteiger charge is 2.15. The summed E-state index contributed by atoms with van der Waals surface area (Å²) in [6.07, 6.45) is -1.11. The van der Waals surface area contributed by atoms with E-state index < -0.39 is 17.7 Å². The molecule has 4 nitrogen and oxygen atoms in total. The molecule has 2 N–H and O–H groups in total. The van der Waals surface area contributed by atoms with Crippen LogP contribution in [0.1, 0.15) is 0 Å². The number of halogens is 3. The number of hydrogen-bond donors (Lipinski definition) is 1. The van der Waals surface area contributed by atoms with Crippen LogP contribution >= 0.6 is 11.6 Å². The van der Waals surface area contributed by atoms with E-state index in [2.05, 4.69) is 4.74 Å². The summed E-state index contributed by atoms with van der Waals surface area (Å²) in [5.74, 6) is -2.10. The third kappa shape index (κ3) is 3.16. The van der Waals surface area contributed by atoms with Gasteiger partial charge < -0.3 is 15.2 Å². The number of carbonyl (C=O) groups is 1. The van der Waals surface area contributed by atoms with Crippen molar-refractivity contribution in [3.63, 3.8) is 0 Å². The predicted octanol–water partition coefficient (Wildman–Crippen LogP) is 3.87. The van der Waals surface area contributed by atoms with E-state index in [0.29, 0.717) is 0 Å². The molecule has 7 heteroatoms. The molecule has 2 aromatic rings. The number of hydrogen-bond acceptors (Lipinski definition) is 3. The molecule has 0 saturated heterocycles. The third-order valence-electron chi connectivity index (χ3n) is 2.25. The van der Waals surface area contributed by atoms with Gasteiger partial charge in [0, 0.05) is 6.07 Å². The topological polar surface area (TPSA) is 61.6 Å². The number of nitrogens with two attached hydrogens (primary N) is 1. The molecule has 104 valence electrons. The van der Waals surface area contributed by atoms with Gasteiger partial charge in [-0.05, 0) is 24.3 Å². The summed E-state index contributed by atoms with van der Waals surface area (Å²) in [4.78, 5) is 10.7. The molecule has 20 heavy (non-hydrogen) atoms. The van der Waals surface area contributed by atoms with Gasteiger partial charge in [0.15, 0.2) is 23.1 Å². The average Bonchev–Trinajstić information content (AvgIpc) is 2.36. The highest BCUT2D eigenvalue weighted by molar-refractivity contribution is 6.32. The minimum Gasteiger partial charge on any atom is -0.449 e. The summed E-state index contributed by atoms with van der Waals surface area (Å²) in [6, 6.07) is 6.99. The molecule has 0 unspecified atom stereocenters. The Kier molecular flexibility index (Phi) is 4.05. The fourth-order valence-electron chi connectivity index (χ4n) is 1.44. The van der Waals surface area contributed by atoms with E-state index in [1.807, 2.05) is 0 Å². The molecule has 0 fully saturated rings. The largest absolute Gasteiger partial charge is 0.449 e. The maximum Gasteiger partial charge on any atom is 0.410 e. The number of rotatable bonds is 3. The van der Waals surface area contributed by atoms with Crippen molar-refractivity contribution >= 4 is 17.7 Å². The molecule has 0 atom stereocenters. The number of ether oxygens (including phenoxy) is 2. The van der Waals surface area contributed by atoms with Crippen LogP contribution in [-0.4, -0.2) is 6.09 Å². The monoisotopic (exact) mass is 299 g/mol. The summed E-state index contributed by atoms with van der Waals surface area (Å²) in [5.41, 5.74) is 4.87. The van der Waals surface area contributed by atoms with Gasteiger partial charge in [0.2, 0.25) is 0 Å². The van der Waals surface area contributed by atoms with Crippen LogP contribution in [0.15, 0.2) is 36.4 Å². The number of primary amides is 1. The van der Waals surface area contributed by atoms with Crippen molar-refractivity contribution in [2.75, 3.05) is 0 Å². The molecule has 0 spiro atoms. The fourth-order valence-corrected chi connectivity index (χ4v) is 1.65. The van der Waals surface area contributed by atoms with Gasteiger partial charge in [-0.15, -0.1) is 0 Å². The zero-order valence-corrected chi connectivity index (χ0v) is 10.7. The van der Waals surface area contributed by atoms with Crippen molar-refractivity contribution in [3.05, 3.63) is 53.1 Å². The fraction of sp³-hybridized carbons (Fsp3) is 0. The molecular formula is C13H8ClF2NO3. The quantitative estimate of drug-likeness (QED) is 0.936. The Morgan fingerprint density at radius 2 is 1.90 bits per heavy atom. The van der Waals surface area contributed by atoms with Crippen LogP contribution in [0, 0.1) is 11.6 Å². The lowest BCUT2D eigenvalue weighted by molar-refractivity contribution is 0.209. The number of amides is 1. The van der Waals surface area contributed by atoms with Crippen LogP contribution < -0.4 is 15.2 Å². The predicted molar refractivity (Wildman–Crippen MR) is 68.1 cm³/mol. The maximum absolute atomic E-state index is 13.6. The molecule has 0 aliphatic heterocycles. The highest BCUT2D eigenvalue weighted by Crippen LogP contribution is 2.37. The van der Waals surface area contributed by atoms with Crippen LogP contribution in [0.5, 0.6) is 17.2 Å². The first-order valence-corrected chi connectivity index (χ1v) is 5.74. The Morgan fingerprint density at radius 3 is 2.55 bits per heavy atom. The van der Waals surface area contributed by atoms with Gasteiger partial charge in [-0.25, -0.2) is 13.6 Å². The van der Waals surface area contributed by atoms with Crippen LogP contribution in [0.2, 0.25) is 5.02 Å². The summed E-state index contributed by atoms with van der Waals surface area (Å²) < 4.78 is 36.6. The maximum atomic E-state index is 13.6. The molecule has 0 aliphatic rings. The molecule has 0 radical (unpaired) electrons. The lowest BCUT2D eigenvalue weighted by atomic mass is 10.3. The van der Waals surface area contributed by atoms with Crippen molar-refractivity contribution in [1.82, 2.24) is 0 Å². The van der Waals surface area contributed by atoms with E-state index in [1.165, 1.54) is 12.1 Å². The third-order valence-corrected chi connectivity index (χ3v) is 2.54. The van der Waals surface area contributed by atoms with E-state index in [4.69, 9.17) is 22.1 Å². The first kappa shape index (κ1) is 14.1. The first-order chi connectivity index (χ1) is 9.47. The second kappa shape index (κ2) is 5.75. The Bertz CT molecular complexity index is 644. The van der Waals surface area contributed by atoms with E-state index >= 15 is 0 Å². The van der Waals surface area contributed by atoms with Crippen molar-refractivity contribution in [3.8, 4) is 17.2 Å². The smallest absolute Gasteiger partial charge is 0.410 e. The molecule has 2 rings (SSSR count). The first-order valence-electron chi connectivity index (χ1n) is 5.36. The Labute approximate surface area is 117 Å². The highest BCUT2D eigenvalue weighted by atomic mass is 35.5. The number of para-hydroxylation sites is 1. The Morgan fingerprint density at radius 1 is 1.15 bits per heavy atom. The molecule has 0 bridgehead atoms. The summed E-state index contributed by atoms with van der Waals surface area (Å²) in [6.45, 7) is 0. The van der Waals surface area contributed by atoms with Crippen LogP contribution in [0.25, 0.3) is 0 Å². The summed E-state index contributed by atoms with van der Waals surface area (Å²) in [5, 5.41) is -0.0145. The van der Waals surface area contributed by atoms with Crippen LogP contribution in [0.3, 0.4) is 0 Å². The lowest BCUT2D eigenvalue weighted by Gasteiger charge is -2.12. The van der Waals surface area contributed by atoms with Gasteiger partial charge in [0.05, 0.1) is 5.02 Å². The van der Waals surface area contributed by atoms with Gasteiger partial charge in [-0.1, -0.05) is 17.7 Å². The Balaban J connectivity index is 2.42. The molecule has 0 aliphatic carbocycles. The molecule has 0 heterocycles. The molecule has 0 aromatic heterocycles. The zero-order valence-electron chi connectivity index (χ0n) is 9.90. The minimum absolute atomic E-state index is 0.0145. The van der Waals surface area contributed by atoms with E-state index in [0.717, 1.165) is 24.3 Å². The van der Waals surface area contributed by atoms with Gasteiger partial charge in [-0.3, -0.25) is 0 Å². The second-order valence-electron chi connectivity index (χ2n) is 3.66.